The second-order valence-corrected chi connectivity index (χ2v) is 8.43. The van der Waals surface area contributed by atoms with Crippen molar-refractivity contribution in [3.05, 3.63) is 18.2 Å². The zero-order chi connectivity index (χ0) is 21.9. The van der Waals surface area contributed by atoms with Gasteiger partial charge in [0.2, 0.25) is 5.91 Å². The van der Waals surface area contributed by atoms with Crippen molar-refractivity contribution in [2.75, 3.05) is 17.7 Å². The number of nitrogen functional groups attached to an aromatic ring is 1. The fourth-order valence-electron chi connectivity index (χ4n) is 3.78. The van der Waals surface area contributed by atoms with Crippen LogP contribution in [-0.4, -0.2) is 12.5 Å². The molecule has 0 aliphatic carbocycles. The molecule has 0 spiro atoms. The van der Waals surface area contributed by atoms with Gasteiger partial charge in [0.25, 0.3) is 0 Å². The quantitative estimate of drug-likeness (QED) is 0.177. The van der Waals surface area contributed by atoms with Gasteiger partial charge in [0, 0.05) is 12.5 Å². The summed E-state index contributed by atoms with van der Waals surface area (Å²) in [7, 11) is 0. The van der Waals surface area contributed by atoms with E-state index in [-0.39, 0.29) is 5.91 Å². The first kappa shape index (κ1) is 26.3. The summed E-state index contributed by atoms with van der Waals surface area (Å²) in [5.41, 5.74) is 7.21. The highest BCUT2D eigenvalue weighted by Crippen LogP contribution is 2.24. The molecule has 0 fully saturated rings. The van der Waals surface area contributed by atoms with E-state index in [1.807, 2.05) is 19.1 Å². The molecular weight excluding hydrogens is 372 g/mol. The van der Waals surface area contributed by atoms with Crippen molar-refractivity contribution >= 4 is 17.3 Å². The van der Waals surface area contributed by atoms with Crippen molar-refractivity contribution in [3.63, 3.8) is 0 Å². The lowest BCUT2D eigenvalue weighted by Crippen LogP contribution is -2.12. The van der Waals surface area contributed by atoms with Crippen LogP contribution in [0.15, 0.2) is 18.2 Å². The van der Waals surface area contributed by atoms with Crippen LogP contribution in [0.4, 0.5) is 11.4 Å². The van der Waals surface area contributed by atoms with E-state index in [0.717, 1.165) is 18.6 Å². The van der Waals surface area contributed by atoms with E-state index in [9.17, 15) is 4.79 Å². The first-order chi connectivity index (χ1) is 14.7. The molecule has 0 aliphatic heterocycles. The van der Waals surface area contributed by atoms with Gasteiger partial charge in [-0.1, -0.05) is 96.8 Å². The van der Waals surface area contributed by atoms with Gasteiger partial charge >= 0.3 is 0 Å². The third-order valence-corrected chi connectivity index (χ3v) is 5.62. The minimum atomic E-state index is 0.0422. The van der Waals surface area contributed by atoms with Crippen LogP contribution in [0.5, 0.6) is 5.75 Å². The summed E-state index contributed by atoms with van der Waals surface area (Å²) >= 11 is 0. The van der Waals surface area contributed by atoms with E-state index in [0.29, 0.717) is 24.4 Å². The molecule has 1 aromatic carbocycles. The topological polar surface area (TPSA) is 64.3 Å². The summed E-state index contributed by atoms with van der Waals surface area (Å²) in [6.45, 7) is 4.81. The number of anilines is 2. The second kappa shape index (κ2) is 18.1. The Morgan fingerprint density at radius 1 is 0.800 bits per heavy atom. The first-order valence-electron chi connectivity index (χ1n) is 12.5. The Labute approximate surface area is 185 Å². The lowest BCUT2D eigenvalue weighted by atomic mass is 10.0. The van der Waals surface area contributed by atoms with Crippen molar-refractivity contribution in [3.8, 4) is 5.75 Å². The van der Waals surface area contributed by atoms with Gasteiger partial charge in [-0.15, -0.1) is 0 Å². The van der Waals surface area contributed by atoms with Crippen LogP contribution in [0.1, 0.15) is 117 Å². The number of hydrogen-bond acceptors (Lipinski definition) is 3. The average molecular weight is 419 g/mol. The van der Waals surface area contributed by atoms with Crippen LogP contribution in [0.2, 0.25) is 0 Å². The molecule has 0 aliphatic rings. The Morgan fingerprint density at radius 3 is 1.77 bits per heavy atom. The number of rotatable bonds is 19. The van der Waals surface area contributed by atoms with E-state index in [1.54, 1.807) is 6.07 Å². The van der Waals surface area contributed by atoms with E-state index in [2.05, 4.69) is 12.2 Å². The average Bonchev–Trinajstić information content (AvgIpc) is 2.73. The van der Waals surface area contributed by atoms with Crippen molar-refractivity contribution in [2.45, 2.75) is 117 Å². The largest absolute Gasteiger partial charge is 0.494 e. The Hall–Kier alpha value is -1.71. The Balaban J connectivity index is 1.93. The fourth-order valence-corrected chi connectivity index (χ4v) is 3.78. The summed E-state index contributed by atoms with van der Waals surface area (Å²) in [6.07, 6.45) is 20.5. The molecule has 0 unspecified atom stereocenters. The third kappa shape index (κ3) is 13.5. The first-order valence-corrected chi connectivity index (χ1v) is 12.5. The lowest BCUT2D eigenvalue weighted by molar-refractivity contribution is -0.116. The third-order valence-electron chi connectivity index (χ3n) is 5.62. The van der Waals surface area contributed by atoms with Crippen LogP contribution in [0.25, 0.3) is 0 Å². The molecule has 0 radical (unpaired) electrons. The van der Waals surface area contributed by atoms with Crippen LogP contribution in [0.3, 0.4) is 0 Å². The minimum absolute atomic E-state index is 0.0422. The summed E-state index contributed by atoms with van der Waals surface area (Å²) in [6, 6.07) is 5.40. The van der Waals surface area contributed by atoms with Crippen molar-refractivity contribution in [1.29, 1.82) is 0 Å². The molecule has 3 N–H and O–H groups in total. The van der Waals surface area contributed by atoms with Gasteiger partial charge in [-0.25, -0.2) is 0 Å². The molecule has 1 amide bonds. The minimum Gasteiger partial charge on any atom is -0.494 e. The molecule has 4 heteroatoms. The number of carbonyl (C=O) groups excluding carboxylic acids is 1. The van der Waals surface area contributed by atoms with Crippen molar-refractivity contribution < 1.29 is 9.53 Å². The van der Waals surface area contributed by atoms with Gasteiger partial charge < -0.3 is 15.8 Å². The fraction of sp³-hybridized carbons (Fsp3) is 0.731. The summed E-state index contributed by atoms with van der Waals surface area (Å²) in [5, 5.41) is 2.91. The molecule has 4 nitrogen and oxygen atoms in total. The monoisotopic (exact) mass is 418 g/mol. The molecule has 30 heavy (non-hydrogen) atoms. The number of ether oxygens (including phenoxy) is 1. The predicted molar refractivity (Wildman–Crippen MR) is 130 cm³/mol. The molecule has 0 heterocycles. The SMILES string of the molecule is CCCCCCCCCCCCCCCCCC(=O)Nc1ccc(OCC)cc1N. The van der Waals surface area contributed by atoms with Gasteiger partial charge in [-0.05, 0) is 25.5 Å². The number of nitrogens with one attached hydrogen (secondary N) is 1. The maximum absolute atomic E-state index is 12.1. The predicted octanol–water partition coefficient (Wildman–Crippen LogP) is 7.87. The Bertz CT molecular complexity index is 560. The van der Waals surface area contributed by atoms with Crippen LogP contribution >= 0.6 is 0 Å². The van der Waals surface area contributed by atoms with E-state index in [1.165, 1.54) is 83.5 Å². The van der Waals surface area contributed by atoms with Crippen molar-refractivity contribution in [2.24, 2.45) is 0 Å². The lowest BCUT2D eigenvalue weighted by Gasteiger charge is -2.10. The number of benzene rings is 1. The Morgan fingerprint density at radius 2 is 1.30 bits per heavy atom. The van der Waals surface area contributed by atoms with Gasteiger partial charge in [-0.2, -0.15) is 0 Å². The van der Waals surface area contributed by atoms with Crippen LogP contribution < -0.4 is 15.8 Å². The van der Waals surface area contributed by atoms with E-state index >= 15 is 0 Å². The number of carbonyl (C=O) groups is 1. The molecule has 0 atom stereocenters. The highest BCUT2D eigenvalue weighted by Gasteiger charge is 2.06. The number of hydrogen-bond donors (Lipinski definition) is 2. The standard InChI is InChI=1S/C26H46N2O2/c1-3-5-6-7-8-9-10-11-12-13-14-15-16-17-18-19-26(29)28-25-21-20-23(30-4-2)22-24(25)27/h20-22H,3-19,27H2,1-2H3,(H,28,29). The second-order valence-electron chi connectivity index (χ2n) is 8.43. The molecule has 0 bridgehead atoms. The zero-order valence-electron chi connectivity index (χ0n) is 19.6. The maximum atomic E-state index is 12.1. The van der Waals surface area contributed by atoms with Crippen LogP contribution in [0, 0.1) is 0 Å². The molecule has 0 aromatic heterocycles. The van der Waals surface area contributed by atoms with Crippen LogP contribution in [-0.2, 0) is 4.79 Å². The molecule has 0 saturated carbocycles. The highest BCUT2D eigenvalue weighted by molar-refractivity contribution is 5.93. The Kier molecular flexibility index (Phi) is 15.9. The molecular formula is C26H46N2O2. The van der Waals surface area contributed by atoms with Gasteiger partial charge in [-0.3, -0.25) is 4.79 Å². The summed E-state index contributed by atoms with van der Waals surface area (Å²) < 4.78 is 5.41. The van der Waals surface area contributed by atoms with E-state index < -0.39 is 0 Å². The highest BCUT2D eigenvalue weighted by atomic mass is 16.5. The summed E-state index contributed by atoms with van der Waals surface area (Å²) in [5.74, 6) is 0.774. The summed E-state index contributed by atoms with van der Waals surface area (Å²) in [4.78, 5) is 12.1. The molecule has 1 rings (SSSR count). The number of unbranched alkanes of at least 4 members (excludes halogenated alkanes) is 14. The number of amides is 1. The van der Waals surface area contributed by atoms with Crippen molar-refractivity contribution in [1.82, 2.24) is 0 Å². The number of nitrogens with two attached hydrogens (primary N) is 1. The molecule has 0 saturated heterocycles. The molecule has 1 aromatic rings. The smallest absolute Gasteiger partial charge is 0.224 e. The molecule has 172 valence electrons. The van der Waals surface area contributed by atoms with Gasteiger partial charge in [0.15, 0.2) is 0 Å². The maximum Gasteiger partial charge on any atom is 0.224 e. The van der Waals surface area contributed by atoms with Gasteiger partial charge in [0.05, 0.1) is 18.0 Å². The zero-order valence-corrected chi connectivity index (χ0v) is 19.6. The normalized spacial score (nSPS) is 10.9. The van der Waals surface area contributed by atoms with E-state index in [4.69, 9.17) is 10.5 Å². The van der Waals surface area contributed by atoms with Gasteiger partial charge in [0.1, 0.15) is 5.75 Å².